The molecule has 1 aromatic heterocycles. The number of hydrogen-bond acceptors (Lipinski definition) is 3. The summed E-state index contributed by atoms with van der Waals surface area (Å²) in [7, 11) is 0. The number of nitrogens with zero attached hydrogens (tertiary/aromatic N) is 2. The van der Waals surface area contributed by atoms with Gasteiger partial charge in [-0.2, -0.15) is 0 Å². The van der Waals surface area contributed by atoms with Gasteiger partial charge in [0.25, 0.3) is 0 Å². The SMILES string of the molecule is CC(=O)NC(C)C(=O)N1CCC(n2c(=O)[nH]c3ccccc32)CC1. The maximum absolute atomic E-state index is 12.3. The second-order valence-corrected chi connectivity index (χ2v) is 6.30. The third-order valence-corrected chi connectivity index (χ3v) is 4.56. The number of para-hydroxylation sites is 2. The first-order valence-electron chi connectivity index (χ1n) is 8.22. The summed E-state index contributed by atoms with van der Waals surface area (Å²) in [5.74, 6) is -0.286. The van der Waals surface area contributed by atoms with Gasteiger partial charge in [0.1, 0.15) is 6.04 Å². The number of aromatic nitrogens is 2. The fourth-order valence-electron chi connectivity index (χ4n) is 3.42. The summed E-state index contributed by atoms with van der Waals surface area (Å²) in [6.07, 6.45) is 1.45. The van der Waals surface area contributed by atoms with Crippen LogP contribution < -0.4 is 11.0 Å². The number of benzene rings is 1. The number of carbonyl (C=O) groups is 2. The molecular formula is C17H22N4O3. The molecule has 2 N–H and O–H groups in total. The maximum atomic E-state index is 12.3. The van der Waals surface area contributed by atoms with Crippen molar-refractivity contribution in [3.63, 3.8) is 0 Å². The van der Waals surface area contributed by atoms with Crippen LogP contribution in [0.1, 0.15) is 32.7 Å². The molecule has 1 atom stereocenters. The molecule has 7 nitrogen and oxygen atoms in total. The Balaban J connectivity index is 1.71. The van der Waals surface area contributed by atoms with Crippen molar-refractivity contribution in [3.05, 3.63) is 34.7 Å². The quantitative estimate of drug-likeness (QED) is 0.881. The molecule has 2 heterocycles. The monoisotopic (exact) mass is 330 g/mol. The summed E-state index contributed by atoms with van der Waals surface area (Å²) in [6.45, 7) is 4.26. The molecule has 1 fully saturated rings. The Hall–Kier alpha value is -2.57. The van der Waals surface area contributed by atoms with E-state index in [1.807, 2.05) is 24.3 Å². The molecule has 1 aliphatic heterocycles. The van der Waals surface area contributed by atoms with Crippen molar-refractivity contribution in [2.24, 2.45) is 0 Å². The largest absolute Gasteiger partial charge is 0.345 e. The van der Waals surface area contributed by atoms with Crippen LogP contribution in [-0.2, 0) is 9.59 Å². The normalized spacial score (nSPS) is 17.0. The molecule has 1 saturated heterocycles. The second-order valence-electron chi connectivity index (χ2n) is 6.30. The highest BCUT2D eigenvalue weighted by molar-refractivity contribution is 5.86. The zero-order chi connectivity index (χ0) is 17.3. The van der Waals surface area contributed by atoms with E-state index in [1.54, 1.807) is 16.4 Å². The number of piperidine rings is 1. The number of hydrogen-bond donors (Lipinski definition) is 2. The third kappa shape index (κ3) is 3.06. The van der Waals surface area contributed by atoms with Gasteiger partial charge in [0.15, 0.2) is 0 Å². The predicted octanol–water partition coefficient (Wildman–Crippen LogP) is 1.02. The van der Waals surface area contributed by atoms with Gasteiger partial charge in [-0.05, 0) is 31.9 Å². The number of rotatable bonds is 3. The van der Waals surface area contributed by atoms with E-state index in [4.69, 9.17) is 0 Å². The molecule has 3 rings (SSSR count). The minimum Gasteiger partial charge on any atom is -0.345 e. The summed E-state index contributed by atoms with van der Waals surface area (Å²) in [6, 6.07) is 7.20. The zero-order valence-electron chi connectivity index (χ0n) is 13.9. The standard InChI is InChI=1S/C17H22N4O3/c1-11(18-12(2)22)16(23)20-9-7-13(8-10-20)21-15-6-4-3-5-14(15)19-17(21)24/h3-6,11,13H,7-10H2,1-2H3,(H,18,22)(H,19,24). The van der Waals surface area contributed by atoms with E-state index in [9.17, 15) is 14.4 Å². The molecule has 24 heavy (non-hydrogen) atoms. The summed E-state index contributed by atoms with van der Waals surface area (Å²) in [5.41, 5.74) is 1.63. The molecule has 1 aromatic carbocycles. The molecule has 0 radical (unpaired) electrons. The van der Waals surface area contributed by atoms with Crippen LogP contribution in [0.5, 0.6) is 0 Å². The van der Waals surface area contributed by atoms with E-state index in [0.717, 1.165) is 23.9 Å². The average molecular weight is 330 g/mol. The molecule has 7 heteroatoms. The van der Waals surface area contributed by atoms with Gasteiger partial charge in [-0.1, -0.05) is 12.1 Å². The van der Waals surface area contributed by atoms with E-state index in [1.165, 1.54) is 6.92 Å². The number of nitrogens with one attached hydrogen (secondary N) is 2. The Labute approximate surface area is 139 Å². The fraction of sp³-hybridized carbons (Fsp3) is 0.471. The lowest BCUT2D eigenvalue weighted by Gasteiger charge is -2.34. The lowest BCUT2D eigenvalue weighted by Crippen LogP contribution is -2.49. The fourth-order valence-corrected chi connectivity index (χ4v) is 3.42. The van der Waals surface area contributed by atoms with Gasteiger partial charge in [0.2, 0.25) is 11.8 Å². The molecule has 1 unspecified atom stereocenters. The van der Waals surface area contributed by atoms with Gasteiger partial charge in [0, 0.05) is 26.1 Å². The third-order valence-electron chi connectivity index (χ3n) is 4.56. The van der Waals surface area contributed by atoms with E-state index < -0.39 is 6.04 Å². The Bertz CT molecular complexity index is 815. The first-order valence-corrected chi connectivity index (χ1v) is 8.22. The van der Waals surface area contributed by atoms with E-state index in [-0.39, 0.29) is 23.5 Å². The average Bonchev–Trinajstić information content (AvgIpc) is 2.89. The lowest BCUT2D eigenvalue weighted by atomic mass is 10.0. The number of imidazole rings is 1. The minimum atomic E-state index is -0.519. The van der Waals surface area contributed by atoms with Crippen molar-refractivity contribution < 1.29 is 9.59 Å². The molecule has 0 aliphatic carbocycles. The number of amides is 2. The van der Waals surface area contributed by atoms with Crippen LogP contribution >= 0.6 is 0 Å². The van der Waals surface area contributed by atoms with Gasteiger partial charge in [-0.25, -0.2) is 4.79 Å². The Kier molecular flexibility index (Phi) is 4.42. The molecule has 1 aliphatic rings. The summed E-state index contributed by atoms with van der Waals surface area (Å²) in [5, 5.41) is 2.62. The Morgan fingerprint density at radius 1 is 1.25 bits per heavy atom. The highest BCUT2D eigenvalue weighted by Gasteiger charge is 2.28. The zero-order valence-corrected chi connectivity index (χ0v) is 13.9. The maximum Gasteiger partial charge on any atom is 0.326 e. The number of aromatic amines is 1. The van der Waals surface area contributed by atoms with Crippen molar-refractivity contribution in [1.29, 1.82) is 0 Å². The Morgan fingerprint density at radius 3 is 2.58 bits per heavy atom. The lowest BCUT2D eigenvalue weighted by molar-refractivity contribution is -0.136. The summed E-state index contributed by atoms with van der Waals surface area (Å²) >= 11 is 0. The first-order chi connectivity index (χ1) is 11.5. The molecule has 0 spiro atoms. The van der Waals surface area contributed by atoms with Crippen LogP contribution in [0.2, 0.25) is 0 Å². The minimum absolute atomic E-state index is 0.0741. The number of fused-ring (bicyclic) bond motifs is 1. The van der Waals surface area contributed by atoms with Crippen molar-refractivity contribution in [3.8, 4) is 0 Å². The molecule has 0 bridgehead atoms. The number of H-pyrrole nitrogens is 1. The predicted molar refractivity (Wildman–Crippen MR) is 90.7 cm³/mol. The van der Waals surface area contributed by atoms with Crippen LogP contribution in [0.3, 0.4) is 0 Å². The van der Waals surface area contributed by atoms with Crippen LogP contribution in [-0.4, -0.2) is 45.4 Å². The number of carbonyl (C=O) groups excluding carboxylic acids is 2. The van der Waals surface area contributed by atoms with Crippen LogP contribution in [0, 0.1) is 0 Å². The van der Waals surface area contributed by atoms with E-state index in [2.05, 4.69) is 10.3 Å². The van der Waals surface area contributed by atoms with Crippen molar-refractivity contribution in [2.45, 2.75) is 38.8 Å². The van der Waals surface area contributed by atoms with Crippen LogP contribution in [0.4, 0.5) is 0 Å². The second kappa shape index (κ2) is 6.51. The molecule has 2 aromatic rings. The molecular weight excluding hydrogens is 308 g/mol. The molecule has 128 valence electrons. The van der Waals surface area contributed by atoms with Gasteiger partial charge < -0.3 is 15.2 Å². The summed E-state index contributed by atoms with van der Waals surface area (Å²) in [4.78, 5) is 40.3. The van der Waals surface area contributed by atoms with Gasteiger partial charge >= 0.3 is 5.69 Å². The van der Waals surface area contributed by atoms with Crippen molar-refractivity contribution in [2.75, 3.05) is 13.1 Å². The van der Waals surface area contributed by atoms with E-state index >= 15 is 0 Å². The Morgan fingerprint density at radius 2 is 1.92 bits per heavy atom. The van der Waals surface area contributed by atoms with Crippen molar-refractivity contribution >= 4 is 22.8 Å². The first kappa shape index (κ1) is 16.3. The highest BCUT2D eigenvalue weighted by Crippen LogP contribution is 2.25. The van der Waals surface area contributed by atoms with Crippen LogP contribution in [0.25, 0.3) is 11.0 Å². The van der Waals surface area contributed by atoms with Gasteiger partial charge in [-0.15, -0.1) is 0 Å². The highest BCUT2D eigenvalue weighted by atomic mass is 16.2. The smallest absolute Gasteiger partial charge is 0.326 e. The van der Waals surface area contributed by atoms with Crippen molar-refractivity contribution in [1.82, 2.24) is 19.8 Å². The van der Waals surface area contributed by atoms with Gasteiger partial charge in [-0.3, -0.25) is 14.2 Å². The topological polar surface area (TPSA) is 87.2 Å². The van der Waals surface area contributed by atoms with Crippen LogP contribution in [0.15, 0.2) is 29.1 Å². The van der Waals surface area contributed by atoms with Gasteiger partial charge in [0.05, 0.1) is 11.0 Å². The summed E-state index contributed by atoms with van der Waals surface area (Å²) < 4.78 is 1.80. The molecule has 2 amide bonds. The van der Waals surface area contributed by atoms with E-state index in [0.29, 0.717) is 13.1 Å². The molecule has 0 saturated carbocycles. The number of likely N-dealkylation sites (tertiary alicyclic amines) is 1.